The highest BCUT2D eigenvalue weighted by molar-refractivity contribution is 9.42. The molecule has 0 bridgehead atoms. The summed E-state index contributed by atoms with van der Waals surface area (Å²) in [5, 5.41) is 0. The number of hydrogen-bond acceptors (Lipinski definition) is 0. The second kappa shape index (κ2) is 9.16. The third kappa shape index (κ3) is 7.23. The molecule has 14 heavy (non-hydrogen) atoms. The second-order valence-corrected chi connectivity index (χ2v) is 12.2. The highest BCUT2D eigenvalue weighted by atomic mass is 79.9. The molecule has 0 atom stereocenters. The van der Waals surface area contributed by atoms with Crippen LogP contribution < -0.4 is 0 Å². The van der Waals surface area contributed by atoms with Gasteiger partial charge in [-0.2, -0.15) is 0 Å². The Balaban J connectivity index is 3.89. The molecule has 0 fully saturated rings. The first kappa shape index (κ1) is 14.9. The van der Waals surface area contributed by atoms with E-state index in [0.717, 1.165) is 0 Å². The van der Waals surface area contributed by atoms with E-state index >= 15 is 0 Å². The van der Waals surface area contributed by atoms with Gasteiger partial charge in [0.05, 0.1) is 24.5 Å². The highest BCUT2D eigenvalue weighted by Crippen LogP contribution is 2.67. The Morgan fingerprint density at radius 1 is 0.714 bits per heavy atom. The van der Waals surface area contributed by atoms with Crippen molar-refractivity contribution < 1.29 is 0 Å². The molecule has 2 heteroatoms. The lowest BCUT2D eigenvalue weighted by Crippen LogP contribution is -2.02. The SMILES string of the molecule is CCCC[P+](Br)(CCCC)CCCC. The van der Waals surface area contributed by atoms with Gasteiger partial charge in [-0.25, -0.2) is 0 Å². The lowest BCUT2D eigenvalue weighted by atomic mass is 10.4. The summed E-state index contributed by atoms with van der Waals surface area (Å²) in [5.41, 5.74) is 0. The Morgan fingerprint density at radius 2 is 1.00 bits per heavy atom. The minimum absolute atomic E-state index is 0.706. The van der Waals surface area contributed by atoms with Gasteiger partial charge in [-0.05, 0) is 19.3 Å². The minimum atomic E-state index is -0.706. The first-order valence-electron chi connectivity index (χ1n) is 6.24. The van der Waals surface area contributed by atoms with Gasteiger partial charge >= 0.3 is 0 Å². The van der Waals surface area contributed by atoms with Crippen LogP contribution in [0, 0.1) is 0 Å². The van der Waals surface area contributed by atoms with Crippen molar-refractivity contribution in [1.29, 1.82) is 0 Å². The number of hydrogen-bond donors (Lipinski definition) is 0. The quantitative estimate of drug-likeness (QED) is 0.475. The molecule has 0 aromatic carbocycles. The maximum Gasteiger partial charge on any atom is 0.138 e. The van der Waals surface area contributed by atoms with Crippen molar-refractivity contribution in [2.45, 2.75) is 59.3 Å². The van der Waals surface area contributed by atoms with Gasteiger partial charge < -0.3 is 0 Å². The van der Waals surface area contributed by atoms with E-state index in [9.17, 15) is 0 Å². The van der Waals surface area contributed by atoms with Gasteiger partial charge in [-0.1, -0.05) is 40.0 Å². The van der Waals surface area contributed by atoms with Gasteiger partial charge in [0.1, 0.15) is 15.5 Å². The van der Waals surface area contributed by atoms with Crippen LogP contribution in [0.3, 0.4) is 0 Å². The van der Waals surface area contributed by atoms with Crippen LogP contribution in [-0.4, -0.2) is 18.5 Å². The number of rotatable bonds is 9. The summed E-state index contributed by atoms with van der Waals surface area (Å²) in [4.78, 5) is 0. The van der Waals surface area contributed by atoms with Gasteiger partial charge in [-0.15, -0.1) is 0 Å². The highest BCUT2D eigenvalue weighted by Gasteiger charge is 2.32. The van der Waals surface area contributed by atoms with E-state index in [1.54, 1.807) is 0 Å². The van der Waals surface area contributed by atoms with Crippen molar-refractivity contribution in [3.8, 4) is 0 Å². The standard InChI is InChI=1S/C12H27BrP/c1-4-7-10-14(13,11-8-5-2)12-9-6-3/h4-12H2,1-3H3/q+1. The first-order chi connectivity index (χ1) is 6.68. The third-order valence-electron chi connectivity index (χ3n) is 2.74. The molecular formula is C12H27BrP+. The zero-order valence-electron chi connectivity index (χ0n) is 10.2. The largest absolute Gasteiger partial charge is 0.138 e. The van der Waals surface area contributed by atoms with E-state index in [2.05, 4.69) is 36.3 Å². The van der Waals surface area contributed by atoms with Crippen LogP contribution in [0.15, 0.2) is 0 Å². The fourth-order valence-electron chi connectivity index (χ4n) is 1.66. The molecule has 0 rings (SSSR count). The number of unbranched alkanes of at least 4 members (excludes halogenated alkanes) is 3. The molecule has 0 N–H and O–H groups in total. The van der Waals surface area contributed by atoms with E-state index in [1.165, 1.54) is 57.0 Å². The molecule has 0 heterocycles. The molecule has 0 unspecified atom stereocenters. The van der Waals surface area contributed by atoms with Crippen LogP contribution in [-0.2, 0) is 0 Å². The Labute approximate surface area is 99.3 Å². The van der Waals surface area contributed by atoms with E-state index in [0.29, 0.717) is 0 Å². The Hall–Kier alpha value is 0.910. The molecule has 0 aromatic heterocycles. The summed E-state index contributed by atoms with van der Waals surface area (Å²) >= 11 is 4.10. The van der Waals surface area contributed by atoms with E-state index < -0.39 is 5.96 Å². The molecule has 0 amide bonds. The van der Waals surface area contributed by atoms with Crippen LogP contribution in [0.1, 0.15) is 59.3 Å². The topological polar surface area (TPSA) is 0 Å². The monoisotopic (exact) mass is 281 g/mol. The van der Waals surface area contributed by atoms with Gasteiger partial charge in [0.15, 0.2) is 0 Å². The third-order valence-corrected chi connectivity index (χ3v) is 9.28. The predicted molar refractivity (Wildman–Crippen MR) is 75.2 cm³/mol. The molecule has 0 aliphatic heterocycles. The molecular weight excluding hydrogens is 255 g/mol. The van der Waals surface area contributed by atoms with Gasteiger partial charge in [-0.3, -0.25) is 0 Å². The molecule has 0 aliphatic carbocycles. The fourth-order valence-corrected chi connectivity index (χ4v) is 7.24. The first-order valence-corrected chi connectivity index (χ1v) is 10.6. The van der Waals surface area contributed by atoms with Crippen LogP contribution in [0.2, 0.25) is 0 Å². The molecule has 0 spiro atoms. The van der Waals surface area contributed by atoms with Crippen LogP contribution in [0.5, 0.6) is 0 Å². The number of halogens is 1. The minimum Gasteiger partial charge on any atom is -0.0652 e. The average molecular weight is 282 g/mol. The Morgan fingerprint density at radius 3 is 1.21 bits per heavy atom. The van der Waals surface area contributed by atoms with Crippen LogP contribution in [0.4, 0.5) is 0 Å². The molecule has 0 saturated heterocycles. The summed E-state index contributed by atoms with van der Waals surface area (Å²) in [6.45, 7) is 6.91. The normalized spacial score (nSPS) is 12.0. The van der Waals surface area contributed by atoms with Gasteiger partial charge in [0, 0.05) is 0 Å². The van der Waals surface area contributed by atoms with Crippen molar-refractivity contribution in [2.75, 3.05) is 18.5 Å². The van der Waals surface area contributed by atoms with Crippen LogP contribution in [0.25, 0.3) is 0 Å². The molecule has 0 aliphatic rings. The Bertz CT molecular complexity index is 104. The lowest BCUT2D eigenvalue weighted by molar-refractivity contribution is 0.845. The van der Waals surface area contributed by atoms with E-state index in [1.807, 2.05) is 0 Å². The Kier molecular flexibility index (Phi) is 9.75. The van der Waals surface area contributed by atoms with Crippen molar-refractivity contribution in [3.63, 3.8) is 0 Å². The van der Waals surface area contributed by atoms with Crippen molar-refractivity contribution in [3.05, 3.63) is 0 Å². The zero-order valence-corrected chi connectivity index (χ0v) is 12.7. The van der Waals surface area contributed by atoms with Gasteiger partial charge in [0.25, 0.3) is 0 Å². The van der Waals surface area contributed by atoms with Crippen molar-refractivity contribution in [2.24, 2.45) is 0 Å². The van der Waals surface area contributed by atoms with Crippen molar-refractivity contribution >= 4 is 21.5 Å². The van der Waals surface area contributed by atoms with E-state index in [4.69, 9.17) is 0 Å². The van der Waals surface area contributed by atoms with Crippen molar-refractivity contribution in [1.82, 2.24) is 0 Å². The fraction of sp³-hybridized carbons (Fsp3) is 1.00. The summed E-state index contributed by atoms with van der Waals surface area (Å²) < 4.78 is 0. The summed E-state index contributed by atoms with van der Waals surface area (Å²) in [6, 6.07) is 0. The smallest absolute Gasteiger partial charge is 0.0652 e. The maximum absolute atomic E-state index is 4.10. The second-order valence-electron chi connectivity index (χ2n) is 4.26. The van der Waals surface area contributed by atoms with Gasteiger partial charge in [0.2, 0.25) is 0 Å². The molecule has 0 radical (unpaired) electrons. The lowest BCUT2D eigenvalue weighted by Gasteiger charge is -2.19. The summed E-state index contributed by atoms with van der Waals surface area (Å²) in [5.74, 6) is -0.706. The zero-order chi connectivity index (χ0) is 10.9. The average Bonchev–Trinajstić information content (AvgIpc) is 2.21. The van der Waals surface area contributed by atoms with E-state index in [-0.39, 0.29) is 0 Å². The molecule has 0 nitrogen and oxygen atoms in total. The summed E-state index contributed by atoms with van der Waals surface area (Å²) in [6.07, 6.45) is 12.8. The molecule has 0 saturated carbocycles. The maximum atomic E-state index is 4.10. The van der Waals surface area contributed by atoms with Crippen LogP contribution >= 0.6 is 21.5 Å². The predicted octanol–water partition coefficient (Wildman–Crippen LogP) is 5.71. The molecule has 0 aromatic rings. The summed E-state index contributed by atoms with van der Waals surface area (Å²) in [7, 11) is 0. The molecule has 86 valence electrons.